The number of benzene rings is 2. The van der Waals surface area contributed by atoms with Crippen LogP contribution in [0.3, 0.4) is 0 Å². The molecule has 0 spiro atoms. The van der Waals surface area contributed by atoms with Crippen molar-refractivity contribution in [1.29, 1.82) is 0 Å². The summed E-state index contributed by atoms with van der Waals surface area (Å²) in [6, 6.07) is 10.8. The van der Waals surface area contributed by atoms with Crippen LogP contribution in [0.15, 0.2) is 46.9 Å². The Morgan fingerprint density at radius 1 is 1.15 bits per heavy atom. The number of rotatable bonds is 10. The zero-order valence-electron chi connectivity index (χ0n) is 18.5. The minimum absolute atomic E-state index is 0.0907. The molecule has 11 heteroatoms. The second kappa shape index (κ2) is 12.1. The van der Waals surface area contributed by atoms with E-state index in [1.807, 2.05) is 31.2 Å². The van der Waals surface area contributed by atoms with Gasteiger partial charge in [0, 0.05) is 22.6 Å². The van der Waals surface area contributed by atoms with Crippen molar-refractivity contribution >= 4 is 66.7 Å². The van der Waals surface area contributed by atoms with Gasteiger partial charge in [-0.05, 0) is 49.2 Å². The highest BCUT2D eigenvalue weighted by molar-refractivity contribution is 9.10. The normalized spacial score (nSPS) is 12.2. The first-order chi connectivity index (χ1) is 15.4. The van der Waals surface area contributed by atoms with Gasteiger partial charge in [0.05, 0.1) is 17.0 Å². The fraction of sp³-hybridized carbons (Fsp3) is 0.364. The first-order valence-electron chi connectivity index (χ1n) is 10.2. The summed E-state index contributed by atoms with van der Waals surface area (Å²) < 4.78 is 26.8. The molecule has 0 fully saturated rings. The van der Waals surface area contributed by atoms with Gasteiger partial charge in [0.15, 0.2) is 0 Å². The second-order valence-electron chi connectivity index (χ2n) is 7.48. The molecule has 0 aromatic heterocycles. The molecule has 2 aromatic carbocycles. The van der Waals surface area contributed by atoms with Crippen LogP contribution < -0.4 is 9.62 Å². The zero-order valence-corrected chi connectivity index (χ0v) is 22.4. The summed E-state index contributed by atoms with van der Waals surface area (Å²) in [6.07, 6.45) is 1.73. The molecule has 1 unspecified atom stereocenters. The second-order valence-corrected chi connectivity index (χ2v) is 11.2. The SMILES string of the molecule is CCCNC(=O)C(C)N(Cc1cccc(Br)c1)C(=O)CN(c1ccc(Cl)cc1Cl)S(C)(=O)=O. The van der Waals surface area contributed by atoms with E-state index in [9.17, 15) is 18.0 Å². The monoisotopic (exact) mass is 577 g/mol. The molecule has 180 valence electrons. The Kier molecular flexibility index (Phi) is 10.0. The molecular weight excluding hydrogens is 553 g/mol. The van der Waals surface area contributed by atoms with Gasteiger partial charge in [-0.1, -0.05) is 58.2 Å². The molecule has 2 amide bonds. The molecule has 0 heterocycles. The van der Waals surface area contributed by atoms with E-state index in [-0.39, 0.29) is 23.2 Å². The van der Waals surface area contributed by atoms with Crippen molar-refractivity contribution in [3.05, 3.63) is 62.5 Å². The smallest absolute Gasteiger partial charge is 0.244 e. The summed E-state index contributed by atoms with van der Waals surface area (Å²) in [5.74, 6) is -0.874. The van der Waals surface area contributed by atoms with Gasteiger partial charge in [0.1, 0.15) is 12.6 Å². The van der Waals surface area contributed by atoms with Gasteiger partial charge in [-0.25, -0.2) is 8.42 Å². The van der Waals surface area contributed by atoms with Crippen molar-refractivity contribution in [2.45, 2.75) is 32.9 Å². The third-order valence-corrected chi connectivity index (χ3v) is 6.97. The highest BCUT2D eigenvalue weighted by Crippen LogP contribution is 2.30. The fourth-order valence-corrected chi connectivity index (χ4v) is 4.96. The average molecular weight is 579 g/mol. The lowest BCUT2D eigenvalue weighted by atomic mass is 10.1. The molecule has 0 radical (unpaired) electrons. The van der Waals surface area contributed by atoms with Crippen molar-refractivity contribution in [3.63, 3.8) is 0 Å². The molecule has 0 aliphatic heterocycles. The number of nitrogens with one attached hydrogen (secondary N) is 1. The summed E-state index contributed by atoms with van der Waals surface area (Å²) >= 11 is 15.6. The number of halogens is 3. The standard InChI is InChI=1S/C22H26BrCl2N3O4S/c1-4-10-26-22(30)15(2)27(13-16-6-5-7-17(23)11-16)21(29)14-28(33(3,31)32)20-9-8-18(24)12-19(20)25/h5-9,11-12,15H,4,10,13-14H2,1-3H3,(H,26,30). The zero-order chi connectivity index (χ0) is 24.8. The van der Waals surface area contributed by atoms with E-state index in [2.05, 4.69) is 21.2 Å². The van der Waals surface area contributed by atoms with Crippen LogP contribution in [0.4, 0.5) is 5.69 Å². The number of sulfonamides is 1. The number of amides is 2. The molecule has 0 saturated heterocycles. The van der Waals surface area contributed by atoms with Gasteiger partial charge < -0.3 is 10.2 Å². The van der Waals surface area contributed by atoms with Crippen LogP contribution in [0, 0.1) is 0 Å². The molecule has 2 rings (SSSR count). The minimum Gasteiger partial charge on any atom is -0.354 e. The van der Waals surface area contributed by atoms with E-state index >= 15 is 0 Å². The number of carbonyl (C=O) groups is 2. The van der Waals surface area contributed by atoms with Crippen LogP contribution in [-0.2, 0) is 26.2 Å². The number of nitrogens with zero attached hydrogens (tertiary/aromatic N) is 2. The lowest BCUT2D eigenvalue weighted by molar-refractivity contribution is -0.139. The van der Waals surface area contributed by atoms with Crippen LogP contribution in [0.25, 0.3) is 0 Å². The van der Waals surface area contributed by atoms with Crippen molar-refractivity contribution in [3.8, 4) is 0 Å². The first kappa shape index (κ1) is 27.4. The van der Waals surface area contributed by atoms with Crippen molar-refractivity contribution in [2.75, 3.05) is 23.7 Å². The Morgan fingerprint density at radius 2 is 1.85 bits per heavy atom. The highest BCUT2D eigenvalue weighted by atomic mass is 79.9. The van der Waals surface area contributed by atoms with E-state index in [1.165, 1.54) is 23.1 Å². The third-order valence-electron chi connectivity index (χ3n) is 4.82. The number of hydrogen-bond acceptors (Lipinski definition) is 4. The van der Waals surface area contributed by atoms with Crippen LogP contribution in [0.2, 0.25) is 10.0 Å². The molecule has 1 N–H and O–H groups in total. The maximum Gasteiger partial charge on any atom is 0.244 e. The molecule has 2 aromatic rings. The van der Waals surface area contributed by atoms with E-state index in [1.54, 1.807) is 6.92 Å². The Labute approximate surface area is 213 Å². The van der Waals surface area contributed by atoms with Crippen molar-refractivity contribution in [1.82, 2.24) is 10.2 Å². The lowest BCUT2D eigenvalue weighted by Crippen LogP contribution is -2.51. The van der Waals surface area contributed by atoms with E-state index in [0.29, 0.717) is 11.6 Å². The molecular formula is C22H26BrCl2N3O4S. The maximum absolute atomic E-state index is 13.4. The number of hydrogen-bond donors (Lipinski definition) is 1. The number of carbonyl (C=O) groups excluding carboxylic acids is 2. The fourth-order valence-electron chi connectivity index (χ4n) is 3.09. The predicted octanol–water partition coefficient (Wildman–Crippen LogP) is 4.47. The summed E-state index contributed by atoms with van der Waals surface area (Å²) in [5.41, 5.74) is 0.908. The molecule has 0 aliphatic carbocycles. The lowest BCUT2D eigenvalue weighted by Gasteiger charge is -2.31. The summed E-state index contributed by atoms with van der Waals surface area (Å²) in [6.45, 7) is 3.60. The van der Waals surface area contributed by atoms with Crippen LogP contribution >= 0.6 is 39.1 Å². The minimum atomic E-state index is -3.87. The Balaban J connectivity index is 2.40. The van der Waals surface area contributed by atoms with Gasteiger partial charge in [0.25, 0.3) is 0 Å². The first-order valence-corrected chi connectivity index (χ1v) is 13.6. The van der Waals surface area contributed by atoms with Gasteiger partial charge in [-0.3, -0.25) is 13.9 Å². The van der Waals surface area contributed by atoms with E-state index in [4.69, 9.17) is 23.2 Å². The average Bonchev–Trinajstić information content (AvgIpc) is 2.73. The summed E-state index contributed by atoms with van der Waals surface area (Å²) in [5, 5.41) is 3.21. The largest absolute Gasteiger partial charge is 0.354 e. The summed E-state index contributed by atoms with van der Waals surface area (Å²) in [7, 11) is -3.87. The Hall–Kier alpha value is -1.81. The van der Waals surface area contributed by atoms with Gasteiger partial charge in [0.2, 0.25) is 21.8 Å². The maximum atomic E-state index is 13.4. The molecule has 0 saturated carbocycles. The predicted molar refractivity (Wildman–Crippen MR) is 136 cm³/mol. The summed E-state index contributed by atoms with van der Waals surface area (Å²) in [4.78, 5) is 27.4. The highest BCUT2D eigenvalue weighted by Gasteiger charge is 2.30. The number of anilines is 1. The van der Waals surface area contributed by atoms with E-state index in [0.717, 1.165) is 27.0 Å². The molecule has 0 aliphatic rings. The van der Waals surface area contributed by atoms with Crippen molar-refractivity contribution < 1.29 is 18.0 Å². The van der Waals surface area contributed by atoms with Crippen LogP contribution in [0.5, 0.6) is 0 Å². The topological polar surface area (TPSA) is 86.8 Å². The van der Waals surface area contributed by atoms with Gasteiger partial charge >= 0.3 is 0 Å². The molecule has 7 nitrogen and oxygen atoms in total. The Bertz CT molecular complexity index is 1110. The molecule has 33 heavy (non-hydrogen) atoms. The van der Waals surface area contributed by atoms with Gasteiger partial charge in [-0.2, -0.15) is 0 Å². The van der Waals surface area contributed by atoms with Crippen LogP contribution in [0.1, 0.15) is 25.8 Å². The van der Waals surface area contributed by atoms with E-state index < -0.39 is 28.5 Å². The molecule has 0 bridgehead atoms. The quantitative estimate of drug-likeness (QED) is 0.451. The third kappa shape index (κ3) is 7.88. The molecule has 1 atom stereocenters. The van der Waals surface area contributed by atoms with Gasteiger partial charge in [-0.15, -0.1) is 0 Å². The Morgan fingerprint density at radius 3 is 2.42 bits per heavy atom. The van der Waals surface area contributed by atoms with Crippen LogP contribution in [-0.4, -0.2) is 50.5 Å². The van der Waals surface area contributed by atoms with Crippen molar-refractivity contribution in [2.24, 2.45) is 0 Å².